The van der Waals surface area contributed by atoms with Gasteiger partial charge in [-0.2, -0.15) is 5.11 Å². The molecule has 4 heteroatoms. The molecule has 0 aromatic carbocycles. The lowest BCUT2D eigenvalue weighted by atomic mass is 10.6. The Labute approximate surface area is 34.2 Å². The van der Waals surface area contributed by atoms with E-state index in [1.807, 2.05) is 0 Å². The highest BCUT2D eigenvalue weighted by Gasteiger charge is 2.03. The highest BCUT2D eigenvalue weighted by atomic mass is 16.5. The first kappa shape index (κ1) is 5.39. The van der Waals surface area contributed by atoms with Gasteiger partial charge in [-0.3, -0.25) is 4.79 Å². The summed E-state index contributed by atoms with van der Waals surface area (Å²) in [5, 5.41) is 16.9. The maximum atomic E-state index is 9.36. The fourth-order valence-electron chi connectivity index (χ4n) is 0. The topological polar surface area (TPSA) is 83.2 Å². The van der Waals surface area contributed by atoms with Gasteiger partial charge in [0.25, 0.3) is 12.2 Å². The van der Waals surface area contributed by atoms with Crippen molar-refractivity contribution in [2.45, 2.75) is 6.29 Å². The average Bonchev–Trinajstić information content (AvgIpc) is 1.36. The van der Waals surface area contributed by atoms with Crippen LogP contribution < -0.4 is 5.73 Å². The van der Waals surface area contributed by atoms with Crippen LogP contribution in [0.5, 0.6) is 0 Å². The number of rotatable bonds is 1. The summed E-state index contributed by atoms with van der Waals surface area (Å²) in [6.07, 6.45) is -2.26. The Morgan fingerprint density at radius 1 is 1.83 bits per heavy atom. The molecule has 0 fully saturated rings. The summed E-state index contributed by atoms with van der Waals surface area (Å²) in [4.78, 5) is 9.36. The zero-order valence-corrected chi connectivity index (χ0v) is 2.92. The van der Waals surface area contributed by atoms with E-state index < -0.39 is 12.2 Å². The minimum absolute atomic E-state index is 1.24. The molecule has 1 atom stereocenters. The number of carbonyl (C=O) groups excluding carboxylic acids is 1. The van der Waals surface area contributed by atoms with Crippen LogP contribution in [0.15, 0.2) is 0 Å². The molecular formula is C2H4NO3. The summed E-state index contributed by atoms with van der Waals surface area (Å²) < 4.78 is 0. The molecule has 1 unspecified atom stereocenters. The first-order chi connectivity index (χ1) is 2.64. The van der Waals surface area contributed by atoms with Gasteiger partial charge in [-0.25, -0.2) is 0 Å². The standard InChI is InChI=1S/C2H4NO3/c3-1(4)2(5)6/h2,5H,(H2,3,4). The maximum absolute atomic E-state index is 9.36. The van der Waals surface area contributed by atoms with Crippen molar-refractivity contribution in [2.24, 2.45) is 5.73 Å². The summed E-state index contributed by atoms with van der Waals surface area (Å²) in [7, 11) is 0. The monoisotopic (exact) mass is 90.0 g/mol. The molecule has 0 spiro atoms. The van der Waals surface area contributed by atoms with E-state index in [0.717, 1.165) is 0 Å². The zero-order chi connectivity index (χ0) is 5.15. The van der Waals surface area contributed by atoms with Gasteiger partial charge in [0.15, 0.2) is 0 Å². The van der Waals surface area contributed by atoms with Gasteiger partial charge in [-0.05, 0) is 0 Å². The number of amides is 1. The molecule has 4 nitrogen and oxygen atoms in total. The second-order valence-corrected chi connectivity index (χ2v) is 0.755. The number of aliphatic hydroxyl groups is 1. The van der Waals surface area contributed by atoms with Crippen LogP contribution in [0.25, 0.3) is 0 Å². The first-order valence-electron chi connectivity index (χ1n) is 1.28. The molecule has 0 saturated heterocycles. The van der Waals surface area contributed by atoms with Gasteiger partial charge in [0.1, 0.15) is 0 Å². The summed E-state index contributed by atoms with van der Waals surface area (Å²) in [5.41, 5.74) is 4.23. The van der Waals surface area contributed by atoms with Crippen molar-refractivity contribution in [1.82, 2.24) is 0 Å². The zero-order valence-electron chi connectivity index (χ0n) is 2.92. The summed E-state index contributed by atoms with van der Waals surface area (Å²) in [6, 6.07) is 0. The van der Waals surface area contributed by atoms with Gasteiger partial charge in [-0.1, -0.05) is 0 Å². The molecule has 1 amide bonds. The molecule has 0 aromatic heterocycles. The Morgan fingerprint density at radius 2 is 2.00 bits per heavy atom. The quantitative estimate of drug-likeness (QED) is 0.373. The van der Waals surface area contributed by atoms with Crippen molar-refractivity contribution in [3.05, 3.63) is 0 Å². The van der Waals surface area contributed by atoms with Crippen LogP contribution >= 0.6 is 0 Å². The molecule has 0 bridgehead atoms. The lowest BCUT2D eigenvalue weighted by Crippen LogP contribution is -2.25. The Hall–Kier alpha value is -0.610. The van der Waals surface area contributed by atoms with E-state index in [4.69, 9.17) is 5.11 Å². The van der Waals surface area contributed by atoms with Crippen molar-refractivity contribution in [1.29, 1.82) is 0 Å². The third-order valence-electron chi connectivity index (χ3n) is 0.243. The second kappa shape index (κ2) is 1.74. The summed E-state index contributed by atoms with van der Waals surface area (Å²) in [6.45, 7) is 0. The van der Waals surface area contributed by atoms with E-state index in [0.29, 0.717) is 0 Å². The third-order valence-corrected chi connectivity index (χ3v) is 0.243. The van der Waals surface area contributed by atoms with Gasteiger partial charge < -0.3 is 10.8 Å². The number of hydrogen-bond donors (Lipinski definition) is 2. The van der Waals surface area contributed by atoms with Crippen LogP contribution in [0.4, 0.5) is 0 Å². The highest BCUT2D eigenvalue weighted by Crippen LogP contribution is 1.66. The van der Waals surface area contributed by atoms with Crippen molar-refractivity contribution < 1.29 is 15.0 Å². The number of nitrogens with two attached hydrogens (primary N) is 1. The van der Waals surface area contributed by atoms with Crippen molar-refractivity contribution in [3.63, 3.8) is 0 Å². The smallest absolute Gasteiger partial charge is 0.277 e. The number of hydrogen-bond acceptors (Lipinski definition) is 2. The maximum Gasteiger partial charge on any atom is 0.277 e. The van der Waals surface area contributed by atoms with Crippen LogP contribution in [-0.2, 0) is 9.90 Å². The number of carbonyl (C=O) groups is 1. The fraction of sp³-hybridized carbons (Fsp3) is 0.500. The Kier molecular flexibility index (Phi) is 1.56. The minimum atomic E-state index is -2.26. The van der Waals surface area contributed by atoms with Gasteiger partial charge in [0.2, 0.25) is 0 Å². The average molecular weight is 90.1 g/mol. The minimum Gasteiger partial charge on any atom is -0.365 e. The molecule has 35 valence electrons. The van der Waals surface area contributed by atoms with Crippen molar-refractivity contribution >= 4 is 5.91 Å². The summed E-state index contributed by atoms with van der Waals surface area (Å²) >= 11 is 0. The molecule has 3 N–H and O–H groups in total. The Balaban J connectivity index is 3.26. The van der Waals surface area contributed by atoms with Crippen molar-refractivity contribution in [2.75, 3.05) is 0 Å². The highest BCUT2D eigenvalue weighted by molar-refractivity contribution is 5.76. The van der Waals surface area contributed by atoms with Gasteiger partial charge in [-0.15, -0.1) is 0 Å². The molecule has 0 aliphatic rings. The Bertz CT molecular complexity index is 59.8. The molecule has 0 saturated carbocycles. The van der Waals surface area contributed by atoms with Crippen LogP contribution in [0.2, 0.25) is 0 Å². The van der Waals surface area contributed by atoms with E-state index in [1.54, 1.807) is 0 Å². The summed E-state index contributed by atoms with van der Waals surface area (Å²) in [5.74, 6) is -1.24. The lowest BCUT2D eigenvalue weighted by molar-refractivity contribution is -0.154. The van der Waals surface area contributed by atoms with E-state index >= 15 is 0 Å². The lowest BCUT2D eigenvalue weighted by Gasteiger charge is -1.86. The molecule has 0 heterocycles. The molecule has 0 aliphatic carbocycles. The predicted octanol–water partition coefficient (Wildman–Crippen LogP) is -1.78. The fourth-order valence-corrected chi connectivity index (χ4v) is 0. The second-order valence-electron chi connectivity index (χ2n) is 0.755. The van der Waals surface area contributed by atoms with Crippen LogP contribution in [-0.4, -0.2) is 17.3 Å². The first-order valence-corrected chi connectivity index (χ1v) is 1.28. The molecule has 6 heavy (non-hydrogen) atoms. The molecule has 0 aromatic rings. The SMILES string of the molecule is NC(=O)C([O])O. The largest absolute Gasteiger partial charge is 0.365 e. The van der Waals surface area contributed by atoms with Crippen LogP contribution in [0.1, 0.15) is 0 Å². The van der Waals surface area contributed by atoms with Gasteiger partial charge in [0.05, 0.1) is 0 Å². The Morgan fingerprint density at radius 3 is 2.00 bits per heavy atom. The number of primary amides is 1. The molecular weight excluding hydrogens is 86.0 g/mol. The van der Waals surface area contributed by atoms with Gasteiger partial charge >= 0.3 is 0 Å². The van der Waals surface area contributed by atoms with E-state index in [9.17, 15) is 9.90 Å². The predicted molar refractivity (Wildman–Crippen MR) is 15.9 cm³/mol. The normalized spacial score (nSPS) is 9.17. The van der Waals surface area contributed by atoms with E-state index in [2.05, 4.69) is 5.73 Å². The van der Waals surface area contributed by atoms with Gasteiger partial charge in [0, 0.05) is 0 Å². The van der Waals surface area contributed by atoms with Crippen LogP contribution in [0, 0.1) is 0 Å². The van der Waals surface area contributed by atoms with Crippen LogP contribution in [0.3, 0.4) is 0 Å². The molecule has 1 radical (unpaired) electrons. The van der Waals surface area contributed by atoms with E-state index in [-0.39, 0.29) is 0 Å². The molecule has 0 aliphatic heterocycles. The number of aliphatic hydroxyl groups excluding tert-OH is 1. The van der Waals surface area contributed by atoms with Crippen molar-refractivity contribution in [3.8, 4) is 0 Å². The third kappa shape index (κ3) is 1.68. The van der Waals surface area contributed by atoms with E-state index in [1.165, 1.54) is 0 Å². The molecule has 0 rings (SSSR count).